The third-order valence-corrected chi connectivity index (χ3v) is 13.8. The number of carbonyl (C=O) groups excluding carboxylic acids is 10. The molecule has 0 saturated carbocycles. The fourth-order valence-electron chi connectivity index (χ4n) is 8.56. The summed E-state index contributed by atoms with van der Waals surface area (Å²) in [4.78, 5) is 184. The SMILES string of the molecule is CCCCCCCCCCCCCCCC(=O)N[C@@H](CCC(=O)NCCCC[C@H](NC(=O)[C@H](C)NC(=O)[C@H](C)NC(=O)[C@H](CCC(N)=O)NC(=O)CNC(=O)[C@H](CCC(=O)O)NC(=O)[C@@H](N)CC(C)C)C(=O)N[C@@H](CCC(=O)O)C(=O)O)C(=O)O.O=C(O)C(F)(F)F. The number of nitrogens with two attached hydrogens (primary N) is 2. The van der Waals surface area contributed by atoms with Crippen molar-refractivity contribution in [1.29, 1.82) is 0 Å². The molecule has 0 spiro atoms. The van der Waals surface area contributed by atoms with E-state index in [1.165, 1.54) is 65.2 Å². The van der Waals surface area contributed by atoms with E-state index in [-0.39, 0.29) is 70.3 Å². The van der Waals surface area contributed by atoms with E-state index in [0.29, 0.717) is 6.42 Å². The number of hydrogen-bond donors (Lipinski definition) is 16. The molecule has 0 rings (SSSR count). The normalized spacial score (nSPS) is 13.6. The summed E-state index contributed by atoms with van der Waals surface area (Å²) in [6, 6.07) is -11.3. The average molecular weight is 1330 g/mol. The predicted molar refractivity (Wildman–Crippen MR) is 323 cm³/mol. The van der Waals surface area contributed by atoms with E-state index in [0.717, 1.165) is 25.7 Å². The van der Waals surface area contributed by atoms with E-state index >= 15 is 0 Å². The first-order chi connectivity index (χ1) is 43.0. The van der Waals surface area contributed by atoms with Gasteiger partial charge in [-0.2, -0.15) is 13.2 Å². The van der Waals surface area contributed by atoms with Crippen molar-refractivity contribution in [2.45, 2.75) is 256 Å². The van der Waals surface area contributed by atoms with Crippen molar-refractivity contribution in [1.82, 2.24) is 47.9 Å². The molecule has 0 aliphatic heterocycles. The molecule has 0 radical (unpaired) electrons. The van der Waals surface area contributed by atoms with E-state index in [9.17, 15) is 90.5 Å². The van der Waals surface area contributed by atoms with Crippen LogP contribution in [0.25, 0.3) is 0 Å². The van der Waals surface area contributed by atoms with Crippen LogP contribution in [-0.4, -0.2) is 182 Å². The number of amides is 10. The van der Waals surface area contributed by atoms with Crippen LogP contribution in [0.1, 0.15) is 202 Å². The van der Waals surface area contributed by atoms with Gasteiger partial charge in [0, 0.05) is 38.6 Å². The number of aliphatic carboxylic acids is 5. The molecular weight excluding hydrogens is 1230 g/mol. The van der Waals surface area contributed by atoms with Gasteiger partial charge in [-0.3, -0.25) is 57.5 Å². The molecule has 0 heterocycles. The molecule has 0 aromatic rings. The van der Waals surface area contributed by atoms with Crippen molar-refractivity contribution >= 4 is 88.9 Å². The van der Waals surface area contributed by atoms with Gasteiger partial charge in [0.1, 0.15) is 42.3 Å². The molecular formula is C58H98F3N11O20. The van der Waals surface area contributed by atoms with Crippen molar-refractivity contribution in [3.63, 3.8) is 0 Å². The highest BCUT2D eigenvalue weighted by Crippen LogP contribution is 2.15. The van der Waals surface area contributed by atoms with Gasteiger partial charge in [-0.05, 0) is 77.6 Å². The number of unbranched alkanes of at least 4 members (excludes halogenated alkanes) is 13. The van der Waals surface area contributed by atoms with Gasteiger partial charge < -0.3 is 84.9 Å². The lowest BCUT2D eigenvalue weighted by Gasteiger charge is -2.24. The third-order valence-electron chi connectivity index (χ3n) is 13.8. The van der Waals surface area contributed by atoms with Gasteiger partial charge in [0.05, 0.1) is 12.6 Å². The van der Waals surface area contributed by atoms with E-state index < -0.39 is 176 Å². The summed E-state index contributed by atoms with van der Waals surface area (Å²) in [6.45, 7) is 7.46. The zero-order chi connectivity index (χ0) is 70.5. The standard InChI is InChI=1S/C56H97N11O18.C2HF3O2/c1-6-7-8-9-10-11-12-13-14-15-16-17-18-22-45(70)64-41(55(82)83)24-28-44(69)59-31-20-19-21-38(54(81)67-42(56(84)85)26-30-48(74)75)65-50(77)36(5)61-49(76)35(4)62-53(80)40(23-27-43(58)68)63-46(71)33-60-52(79)39(25-29-47(72)73)66-51(78)37(57)32-34(2)3;3-2(4,5)1(6)7/h34-42H,6-33,57H2,1-5H3,(H2,58,68)(H,59,69)(H,60,79)(H,61,76)(H,62,80)(H,63,71)(H,64,70)(H,65,77)(H,66,78)(H,67,81)(H,72,73)(H,74,75)(H,82,83)(H,84,85);(H,6,7)/t35-,36-,37-,38-,39-,40-,41-,42-;/m0./s1. The van der Waals surface area contributed by atoms with E-state index in [1.54, 1.807) is 0 Å². The monoisotopic (exact) mass is 1330 g/mol. The minimum absolute atomic E-state index is 0.0149. The second-order valence-electron chi connectivity index (χ2n) is 22.6. The highest BCUT2D eigenvalue weighted by atomic mass is 19.4. The maximum absolute atomic E-state index is 13.5. The number of carboxylic acid groups (broad SMARTS) is 5. The second-order valence-corrected chi connectivity index (χ2v) is 22.6. The summed E-state index contributed by atoms with van der Waals surface area (Å²) in [5, 5.41) is 66.1. The number of carboxylic acids is 5. The van der Waals surface area contributed by atoms with Crippen molar-refractivity contribution in [2.75, 3.05) is 13.1 Å². The predicted octanol–water partition coefficient (Wildman–Crippen LogP) is 1.25. The van der Waals surface area contributed by atoms with Gasteiger partial charge in [-0.1, -0.05) is 97.8 Å². The van der Waals surface area contributed by atoms with E-state index in [1.807, 2.05) is 13.8 Å². The largest absolute Gasteiger partial charge is 0.490 e. The van der Waals surface area contributed by atoms with Crippen LogP contribution >= 0.6 is 0 Å². The molecule has 8 atom stereocenters. The summed E-state index contributed by atoms with van der Waals surface area (Å²) in [5.41, 5.74) is 11.2. The number of nitrogens with one attached hydrogen (secondary N) is 9. The Morgan fingerprint density at radius 2 is 0.793 bits per heavy atom. The number of rotatable bonds is 50. The first kappa shape index (κ1) is 85.9. The average Bonchev–Trinajstić information content (AvgIpc) is 2.27. The molecule has 0 fully saturated rings. The minimum atomic E-state index is -5.08. The Kier molecular flexibility index (Phi) is 45.3. The lowest BCUT2D eigenvalue weighted by Crippen LogP contribution is -2.58. The Morgan fingerprint density at radius 3 is 1.27 bits per heavy atom. The Labute approximate surface area is 532 Å². The molecule has 0 aromatic carbocycles. The van der Waals surface area contributed by atoms with Crippen LogP contribution in [0.15, 0.2) is 0 Å². The first-order valence-corrected chi connectivity index (χ1v) is 30.9. The summed E-state index contributed by atoms with van der Waals surface area (Å²) in [6.07, 6.45) is 6.88. The van der Waals surface area contributed by atoms with Crippen LogP contribution in [0.3, 0.4) is 0 Å². The highest BCUT2D eigenvalue weighted by Gasteiger charge is 2.38. The van der Waals surface area contributed by atoms with E-state index in [4.69, 9.17) is 31.6 Å². The van der Waals surface area contributed by atoms with E-state index in [2.05, 4.69) is 54.8 Å². The number of alkyl halides is 3. The molecule has 34 heteroatoms. The molecule has 0 bridgehead atoms. The van der Waals surface area contributed by atoms with Crippen LogP contribution in [0, 0.1) is 5.92 Å². The molecule has 0 unspecified atom stereocenters. The Balaban J connectivity index is 0. The van der Waals surface area contributed by atoms with Crippen molar-refractivity contribution in [2.24, 2.45) is 17.4 Å². The molecule has 18 N–H and O–H groups in total. The van der Waals surface area contributed by atoms with Crippen LogP contribution in [0.2, 0.25) is 0 Å². The maximum Gasteiger partial charge on any atom is 0.490 e. The topological polar surface area (TPSA) is 518 Å². The zero-order valence-electron chi connectivity index (χ0n) is 53.1. The molecule has 31 nitrogen and oxygen atoms in total. The van der Waals surface area contributed by atoms with Gasteiger partial charge >= 0.3 is 36.0 Å². The molecule has 0 aliphatic rings. The fraction of sp³-hybridized carbons (Fsp3) is 0.741. The minimum Gasteiger partial charge on any atom is -0.481 e. The Morgan fingerprint density at radius 1 is 0.402 bits per heavy atom. The highest BCUT2D eigenvalue weighted by molar-refractivity contribution is 5.97. The first-order valence-electron chi connectivity index (χ1n) is 30.9. The summed E-state index contributed by atoms with van der Waals surface area (Å²) >= 11 is 0. The molecule has 0 saturated heterocycles. The molecule has 0 aromatic heterocycles. The quantitative estimate of drug-likeness (QED) is 0.0381. The van der Waals surface area contributed by atoms with Gasteiger partial charge in [0.2, 0.25) is 59.1 Å². The van der Waals surface area contributed by atoms with Gasteiger partial charge in [0.15, 0.2) is 0 Å². The molecule has 10 amide bonds. The lowest BCUT2D eigenvalue weighted by molar-refractivity contribution is -0.192. The van der Waals surface area contributed by atoms with Crippen LogP contribution in [0.5, 0.6) is 0 Å². The lowest BCUT2D eigenvalue weighted by atomic mass is 10.0. The van der Waals surface area contributed by atoms with Crippen molar-refractivity contribution in [3.05, 3.63) is 0 Å². The molecule has 92 heavy (non-hydrogen) atoms. The molecule has 526 valence electrons. The number of hydrogen-bond acceptors (Lipinski definition) is 16. The van der Waals surface area contributed by atoms with Crippen LogP contribution in [0.4, 0.5) is 13.2 Å². The number of carbonyl (C=O) groups is 15. The van der Waals surface area contributed by atoms with Crippen molar-refractivity contribution < 1.29 is 111 Å². The van der Waals surface area contributed by atoms with Crippen molar-refractivity contribution in [3.8, 4) is 0 Å². The summed E-state index contributed by atoms with van der Waals surface area (Å²) in [5.74, 6) is -16.7. The molecule has 0 aliphatic carbocycles. The van der Waals surface area contributed by atoms with Crippen LogP contribution in [-0.2, 0) is 71.9 Å². The number of halogens is 3. The van der Waals surface area contributed by atoms with Crippen LogP contribution < -0.4 is 59.3 Å². The third kappa shape index (κ3) is 44.3. The Bertz CT molecular complexity index is 2400. The van der Waals surface area contributed by atoms with Gasteiger partial charge in [-0.25, -0.2) is 14.4 Å². The summed E-state index contributed by atoms with van der Waals surface area (Å²) in [7, 11) is 0. The van der Waals surface area contributed by atoms with Gasteiger partial charge in [0.25, 0.3) is 0 Å². The summed E-state index contributed by atoms with van der Waals surface area (Å²) < 4.78 is 31.7. The maximum atomic E-state index is 13.5. The van der Waals surface area contributed by atoms with Gasteiger partial charge in [-0.15, -0.1) is 0 Å². The zero-order valence-corrected chi connectivity index (χ0v) is 53.1. The Hall–Kier alpha value is -8.20. The number of primary amides is 1. The fourth-order valence-corrected chi connectivity index (χ4v) is 8.56. The second kappa shape index (κ2) is 48.6. The smallest absolute Gasteiger partial charge is 0.481 e.